The minimum absolute atomic E-state index is 0.0545. The molecule has 7 nitrogen and oxygen atoms in total. The number of rotatable bonds is 8. The highest BCUT2D eigenvalue weighted by atomic mass is 19.3. The van der Waals surface area contributed by atoms with Crippen molar-refractivity contribution in [1.29, 1.82) is 0 Å². The summed E-state index contributed by atoms with van der Waals surface area (Å²) in [5, 5.41) is 19.9. The first kappa shape index (κ1) is 15.4. The molecule has 1 heterocycles. The van der Waals surface area contributed by atoms with Gasteiger partial charge in [-0.15, -0.1) is 5.10 Å². The first-order chi connectivity index (χ1) is 8.93. The second kappa shape index (κ2) is 7.07. The summed E-state index contributed by atoms with van der Waals surface area (Å²) in [6.07, 6.45) is -2.27. The van der Waals surface area contributed by atoms with Gasteiger partial charge >= 0.3 is 5.97 Å². The lowest BCUT2D eigenvalue weighted by molar-refractivity contribution is -0.142. The van der Waals surface area contributed by atoms with Gasteiger partial charge in [-0.05, 0) is 24.3 Å². The Morgan fingerprint density at radius 1 is 1.47 bits per heavy atom. The van der Waals surface area contributed by atoms with E-state index in [1.807, 2.05) is 0 Å². The molecule has 1 aromatic rings. The lowest BCUT2D eigenvalue weighted by Crippen LogP contribution is -2.24. The normalized spacial score (nSPS) is 14.6. The van der Waals surface area contributed by atoms with Crippen molar-refractivity contribution in [2.75, 3.05) is 13.2 Å². The predicted molar refractivity (Wildman–Crippen MR) is 59.9 cm³/mol. The number of hydrogen-bond donors (Lipinski definition) is 1. The van der Waals surface area contributed by atoms with Crippen LogP contribution >= 0.6 is 0 Å². The zero-order valence-corrected chi connectivity index (χ0v) is 10.7. The summed E-state index contributed by atoms with van der Waals surface area (Å²) < 4.78 is 29.8. The summed E-state index contributed by atoms with van der Waals surface area (Å²) in [5.41, 5.74) is 0. The van der Waals surface area contributed by atoms with E-state index in [1.54, 1.807) is 13.8 Å². The van der Waals surface area contributed by atoms with Crippen LogP contribution in [0, 0.1) is 5.92 Å². The Balaban J connectivity index is 2.57. The first-order valence-corrected chi connectivity index (χ1v) is 5.79. The molecule has 2 atom stereocenters. The van der Waals surface area contributed by atoms with Crippen LogP contribution in [0.2, 0.25) is 0 Å². The van der Waals surface area contributed by atoms with E-state index in [0.29, 0.717) is 5.82 Å². The Labute approximate surface area is 108 Å². The van der Waals surface area contributed by atoms with Gasteiger partial charge in [-0.2, -0.15) is 0 Å². The fourth-order valence-corrected chi connectivity index (χ4v) is 1.45. The lowest BCUT2D eigenvalue weighted by Gasteiger charge is -2.17. The van der Waals surface area contributed by atoms with Gasteiger partial charge in [0.15, 0.2) is 5.82 Å². The van der Waals surface area contributed by atoms with Gasteiger partial charge in [0, 0.05) is 6.42 Å². The van der Waals surface area contributed by atoms with Crippen LogP contribution in [0.3, 0.4) is 0 Å². The fraction of sp³-hybridized carbons (Fsp3) is 0.800. The van der Waals surface area contributed by atoms with Crippen LogP contribution in [-0.2, 0) is 16.0 Å². The molecule has 0 aliphatic rings. The molecule has 0 saturated heterocycles. The summed E-state index contributed by atoms with van der Waals surface area (Å²) in [5.74, 6) is -1.21. The van der Waals surface area contributed by atoms with Gasteiger partial charge < -0.3 is 9.84 Å². The van der Waals surface area contributed by atoms with Gasteiger partial charge in [-0.3, -0.25) is 4.79 Å². The smallest absolute Gasteiger partial charge is 0.308 e. The van der Waals surface area contributed by atoms with Crippen molar-refractivity contribution in [1.82, 2.24) is 20.2 Å². The third-order valence-electron chi connectivity index (χ3n) is 2.77. The molecule has 0 aromatic carbocycles. The van der Waals surface area contributed by atoms with Crippen molar-refractivity contribution in [3.05, 3.63) is 5.82 Å². The van der Waals surface area contributed by atoms with Crippen molar-refractivity contribution in [2.24, 2.45) is 5.92 Å². The molecule has 1 N–H and O–H groups in total. The maximum Gasteiger partial charge on any atom is 0.308 e. The second-order valence-corrected chi connectivity index (χ2v) is 4.12. The number of aliphatic carboxylic acids is 1. The number of nitrogens with zero attached hydrogens (tertiary/aromatic N) is 4. The van der Waals surface area contributed by atoms with Gasteiger partial charge in [0.25, 0.3) is 6.43 Å². The lowest BCUT2D eigenvalue weighted by atomic mass is 10.0. The molecular formula is C10H16F2N4O3. The zero-order valence-electron chi connectivity index (χ0n) is 10.7. The summed E-state index contributed by atoms with van der Waals surface area (Å²) >= 11 is 0. The minimum Gasteiger partial charge on any atom is -0.481 e. The minimum atomic E-state index is -2.51. The number of tetrazole rings is 1. The van der Waals surface area contributed by atoms with Crippen molar-refractivity contribution in [2.45, 2.75) is 32.7 Å². The van der Waals surface area contributed by atoms with E-state index >= 15 is 0 Å². The van der Waals surface area contributed by atoms with E-state index in [1.165, 1.54) is 4.68 Å². The quantitative estimate of drug-likeness (QED) is 0.707. The summed E-state index contributed by atoms with van der Waals surface area (Å²) in [6.45, 7) is 2.64. The number of halogens is 2. The highest BCUT2D eigenvalue weighted by Gasteiger charge is 2.24. The third-order valence-corrected chi connectivity index (χ3v) is 2.77. The fourth-order valence-electron chi connectivity index (χ4n) is 1.45. The molecule has 0 radical (unpaired) electrons. The molecule has 9 heteroatoms. The molecule has 1 rings (SSSR count). The number of ether oxygens (including phenoxy) is 1. The Hall–Kier alpha value is -1.64. The zero-order chi connectivity index (χ0) is 14.4. The largest absolute Gasteiger partial charge is 0.481 e. The molecule has 0 saturated carbocycles. The van der Waals surface area contributed by atoms with E-state index in [2.05, 4.69) is 15.5 Å². The van der Waals surface area contributed by atoms with Crippen molar-refractivity contribution >= 4 is 5.97 Å². The van der Waals surface area contributed by atoms with Crippen LogP contribution in [0.15, 0.2) is 0 Å². The topological polar surface area (TPSA) is 90.1 Å². The first-order valence-electron chi connectivity index (χ1n) is 5.79. The highest BCUT2D eigenvalue weighted by Crippen LogP contribution is 2.17. The van der Waals surface area contributed by atoms with Crippen LogP contribution in [-0.4, -0.2) is 50.9 Å². The maximum atomic E-state index is 11.9. The average Bonchev–Trinajstić information content (AvgIpc) is 2.80. The molecule has 2 unspecified atom stereocenters. The van der Waals surface area contributed by atoms with Crippen LogP contribution in [0.25, 0.3) is 0 Å². The third kappa shape index (κ3) is 4.51. The maximum absolute atomic E-state index is 11.9. The molecule has 1 aromatic heterocycles. The molecule has 0 fully saturated rings. The predicted octanol–water partition coefficient (Wildman–Crippen LogP) is 0.779. The standard InChI is InChI=1S/C10H16F2N4O3/c1-6(10(17)18)7(2)16-9(13-14-15-16)3-4-19-5-8(11)12/h6-8H,3-5H2,1-2H3,(H,17,18). The molecule has 0 aliphatic carbocycles. The Morgan fingerprint density at radius 2 is 2.16 bits per heavy atom. The highest BCUT2D eigenvalue weighted by molar-refractivity contribution is 5.70. The van der Waals surface area contributed by atoms with Gasteiger partial charge in [-0.25, -0.2) is 13.5 Å². The molecule has 19 heavy (non-hydrogen) atoms. The van der Waals surface area contributed by atoms with Crippen molar-refractivity contribution in [3.63, 3.8) is 0 Å². The number of carboxylic acids is 1. The molecule has 0 aliphatic heterocycles. The molecule has 108 valence electrons. The number of hydrogen-bond acceptors (Lipinski definition) is 5. The molecule has 0 amide bonds. The van der Waals surface area contributed by atoms with E-state index < -0.39 is 31.0 Å². The van der Waals surface area contributed by atoms with E-state index in [0.717, 1.165) is 0 Å². The number of aromatic nitrogens is 4. The Bertz CT molecular complexity index is 413. The summed E-state index contributed by atoms with van der Waals surface area (Å²) in [6, 6.07) is -0.433. The molecule has 0 spiro atoms. The Morgan fingerprint density at radius 3 is 2.74 bits per heavy atom. The number of carboxylic acid groups (broad SMARTS) is 1. The summed E-state index contributed by atoms with van der Waals surface area (Å²) in [4.78, 5) is 10.9. The van der Waals surface area contributed by atoms with E-state index in [9.17, 15) is 13.6 Å². The average molecular weight is 278 g/mol. The van der Waals surface area contributed by atoms with Crippen molar-refractivity contribution in [3.8, 4) is 0 Å². The number of carbonyl (C=O) groups is 1. The Kier molecular flexibility index (Phi) is 5.74. The van der Waals surface area contributed by atoms with Crippen molar-refractivity contribution < 1.29 is 23.4 Å². The van der Waals surface area contributed by atoms with Gasteiger partial charge in [0.05, 0.1) is 18.6 Å². The van der Waals surface area contributed by atoms with Gasteiger partial charge in [-0.1, -0.05) is 0 Å². The van der Waals surface area contributed by atoms with Gasteiger partial charge in [0.2, 0.25) is 0 Å². The van der Waals surface area contributed by atoms with Crippen LogP contribution in [0.5, 0.6) is 0 Å². The van der Waals surface area contributed by atoms with Crippen LogP contribution < -0.4 is 0 Å². The van der Waals surface area contributed by atoms with Crippen LogP contribution in [0.1, 0.15) is 25.7 Å². The molecular weight excluding hydrogens is 262 g/mol. The van der Waals surface area contributed by atoms with Gasteiger partial charge in [0.1, 0.15) is 6.61 Å². The number of alkyl halides is 2. The SMILES string of the molecule is CC(C(=O)O)C(C)n1nnnc1CCOCC(F)F. The second-order valence-electron chi connectivity index (χ2n) is 4.12. The van der Waals surface area contributed by atoms with E-state index in [-0.39, 0.29) is 13.0 Å². The summed E-state index contributed by atoms with van der Waals surface area (Å²) in [7, 11) is 0. The monoisotopic (exact) mass is 278 g/mol. The van der Waals surface area contributed by atoms with Crippen LogP contribution in [0.4, 0.5) is 8.78 Å². The van der Waals surface area contributed by atoms with E-state index in [4.69, 9.17) is 9.84 Å². The molecule has 0 bridgehead atoms.